The molecule has 0 radical (unpaired) electrons. The van der Waals surface area contributed by atoms with Crippen molar-refractivity contribution in [2.45, 2.75) is 37.8 Å². The van der Waals surface area contributed by atoms with E-state index < -0.39 is 16.5 Å². The van der Waals surface area contributed by atoms with Gasteiger partial charge in [-0.1, -0.05) is 31.2 Å². The van der Waals surface area contributed by atoms with Gasteiger partial charge in [0.05, 0.1) is 19.1 Å². The van der Waals surface area contributed by atoms with E-state index in [4.69, 9.17) is 9.84 Å². The Morgan fingerprint density at radius 2 is 2.00 bits per heavy atom. The van der Waals surface area contributed by atoms with Gasteiger partial charge in [0, 0.05) is 43.6 Å². The van der Waals surface area contributed by atoms with Gasteiger partial charge in [-0.05, 0) is 36.7 Å². The first kappa shape index (κ1) is 26.7. The van der Waals surface area contributed by atoms with Gasteiger partial charge in [-0.15, -0.1) is 0 Å². The fourth-order valence-electron chi connectivity index (χ4n) is 5.11. The summed E-state index contributed by atoms with van der Waals surface area (Å²) in [7, 11) is -0.585. The van der Waals surface area contributed by atoms with Crippen molar-refractivity contribution in [1.82, 2.24) is 9.80 Å². The van der Waals surface area contributed by atoms with Crippen LogP contribution in [0.15, 0.2) is 46.8 Å². The van der Waals surface area contributed by atoms with Gasteiger partial charge in [-0.3, -0.25) is 4.79 Å². The molecule has 2 heterocycles. The Labute approximate surface area is 216 Å². The van der Waals surface area contributed by atoms with Crippen molar-refractivity contribution in [3.8, 4) is 5.75 Å². The Hall–Kier alpha value is -3.31. The molecule has 1 saturated carbocycles. The summed E-state index contributed by atoms with van der Waals surface area (Å²) in [5.74, 6) is -0.919. The number of carboxylic acids is 1. The summed E-state index contributed by atoms with van der Waals surface area (Å²) >= 11 is 0. The van der Waals surface area contributed by atoms with Crippen LogP contribution in [0.2, 0.25) is 0 Å². The van der Waals surface area contributed by atoms with E-state index in [9.17, 15) is 22.4 Å². The normalized spacial score (nSPS) is 23.4. The summed E-state index contributed by atoms with van der Waals surface area (Å²) in [6, 6.07) is 11.1. The molecule has 0 bridgehead atoms. The molecule has 9 nitrogen and oxygen atoms in total. The third-order valence-electron chi connectivity index (χ3n) is 7.27. The van der Waals surface area contributed by atoms with Crippen LogP contribution in [0.1, 0.15) is 40.7 Å². The Balaban J connectivity index is 0.000000173. The number of carboxylic acid groups (broad SMARTS) is 1. The zero-order chi connectivity index (χ0) is 26.7. The first-order valence-electron chi connectivity index (χ1n) is 12.2. The molecule has 11 heteroatoms. The number of benzene rings is 2. The number of hydrogen-bond donors (Lipinski definition) is 1. The molecular formula is C26H30FN3O6S. The summed E-state index contributed by atoms with van der Waals surface area (Å²) < 4.78 is 43.3. The Bertz CT molecular complexity index is 1310. The third kappa shape index (κ3) is 6.16. The Morgan fingerprint density at radius 1 is 1.24 bits per heavy atom. The smallest absolute Gasteiger partial charge is 0.339 e. The zero-order valence-corrected chi connectivity index (χ0v) is 21.5. The number of nitrogens with zero attached hydrogens (tertiary/aromatic N) is 3. The topological polar surface area (TPSA) is 117 Å². The van der Waals surface area contributed by atoms with Crippen molar-refractivity contribution in [2.24, 2.45) is 10.3 Å². The van der Waals surface area contributed by atoms with Crippen molar-refractivity contribution in [3.05, 3.63) is 65.0 Å². The second-order valence-electron chi connectivity index (χ2n) is 9.49. The van der Waals surface area contributed by atoms with E-state index in [0.717, 1.165) is 37.2 Å². The fourth-order valence-corrected chi connectivity index (χ4v) is 5.59. The lowest BCUT2D eigenvalue weighted by molar-refractivity contribution is -0.131. The van der Waals surface area contributed by atoms with E-state index in [1.807, 2.05) is 11.9 Å². The highest BCUT2D eigenvalue weighted by Gasteiger charge is 2.56. The molecule has 3 aliphatic rings. The summed E-state index contributed by atoms with van der Waals surface area (Å²) in [5, 5.41) is 9.05. The van der Waals surface area contributed by atoms with Gasteiger partial charge in [-0.25, -0.2) is 9.18 Å². The van der Waals surface area contributed by atoms with Crippen molar-refractivity contribution < 1.29 is 32.2 Å². The molecular weight excluding hydrogens is 501 g/mol. The Morgan fingerprint density at radius 3 is 2.65 bits per heavy atom. The molecule has 2 aromatic rings. The zero-order valence-electron chi connectivity index (χ0n) is 20.7. The molecule has 5 rings (SSSR count). The van der Waals surface area contributed by atoms with Crippen LogP contribution < -0.4 is 4.74 Å². The molecule has 1 amide bonds. The van der Waals surface area contributed by atoms with E-state index in [0.29, 0.717) is 18.4 Å². The van der Waals surface area contributed by atoms with Gasteiger partial charge in [-0.2, -0.15) is 12.8 Å². The number of aromatic carboxylic acids is 1. The Kier molecular flexibility index (Phi) is 8.23. The summed E-state index contributed by atoms with van der Waals surface area (Å²) in [6.07, 6.45) is 1.30. The lowest BCUT2D eigenvalue weighted by atomic mass is 10.0. The number of rotatable bonds is 6. The first-order chi connectivity index (χ1) is 17.7. The molecule has 2 aromatic carbocycles. The van der Waals surface area contributed by atoms with Crippen LogP contribution in [0.25, 0.3) is 0 Å². The predicted molar refractivity (Wildman–Crippen MR) is 134 cm³/mol. The summed E-state index contributed by atoms with van der Waals surface area (Å²) in [5.41, 5.74) is 1.59. The number of halogens is 1. The van der Waals surface area contributed by atoms with Gasteiger partial charge in [0.2, 0.25) is 5.91 Å². The molecule has 1 saturated heterocycles. The van der Waals surface area contributed by atoms with Gasteiger partial charge >= 0.3 is 16.5 Å². The number of hydrogen-bond acceptors (Lipinski definition) is 7. The molecule has 2 fully saturated rings. The second-order valence-corrected chi connectivity index (χ2v) is 10.1. The fraction of sp³-hybridized carbons (Fsp3) is 0.462. The molecule has 3 unspecified atom stereocenters. The van der Waals surface area contributed by atoms with Crippen molar-refractivity contribution in [1.29, 1.82) is 0 Å². The van der Waals surface area contributed by atoms with Crippen LogP contribution in [0.3, 0.4) is 0 Å². The average molecular weight is 532 g/mol. The van der Waals surface area contributed by atoms with Crippen LogP contribution in [0, 0.1) is 11.7 Å². The highest BCUT2D eigenvalue weighted by Crippen LogP contribution is 2.56. The maximum atomic E-state index is 13.1. The van der Waals surface area contributed by atoms with E-state index in [2.05, 4.69) is 16.2 Å². The van der Waals surface area contributed by atoms with Gasteiger partial charge in [0.15, 0.2) is 0 Å². The number of likely N-dealkylation sites (N-methyl/N-ethyl adjacent to an activating group) is 2. The molecule has 2 aliphatic heterocycles. The van der Waals surface area contributed by atoms with Gasteiger partial charge in [0.25, 0.3) is 0 Å². The van der Waals surface area contributed by atoms with Crippen molar-refractivity contribution in [3.63, 3.8) is 0 Å². The quantitative estimate of drug-likeness (QED) is 0.609. The SMILES string of the molecule is CCN1CC[C@@H](N(C)C(=O)Cc2cccc(F)c2)C1.O=C(O)c1cccc2c1OCC1C(N=S(=O)=O)C21. The predicted octanol–water partition coefficient (Wildman–Crippen LogP) is 2.84. The number of ether oxygens (including phenoxy) is 1. The monoisotopic (exact) mass is 531 g/mol. The maximum absolute atomic E-state index is 13.1. The minimum atomic E-state index is -2.44. The minimum Gasteiger partial charge on any atom is -0.492 e. The second kappa shape index (κ2) is 11.4. The lowest BCUT2D eigenvalue weighted by Gasteiger charge is -2.25. The maximum Gasteiger partial charge on any atom is 0.339 e. The highest BCUT2D eigenvalue weighted by molar-refractivity contribution is 7.61. The van der Waals surface area contributed by atoms with E-state index in [1.54, 1.807) is 24.3 Å². The molecule has 1 N–H and O–H groups in total. The van der Waals surface area contributed by atoms with Crippen LogP contribution in [-0.4, -0.2) is 80.6 Å². The van der Waals surface area contributed by atoms with Gasteiger partial charge in [0.1, 0.15) is 17.1 Å². The van der Waals surface area contributed by atoms with Crippen molar-refractivity contribution in [2.75, 3.05) is 33.3 Å². The van der Waals surface area contributed by atoms with Crippen LogP contribution in [-0.2, 0) is 21.7 Å². The van der Waals surface area contributed by atoms with Crippen LogP contribution in [0.4, 0.5) is 4.39 Å². The number of fused-ring (bicyclic) bond motifs is 3. The molecule has 37 heavy (non-hydrogen) atoms. The standard InChI is InChI=1S/C15H21FN2O.C11H9NO5S/c1-3-18-8-7-14(11-18)17(2)15(19)10-12-5-4-6-13(16)9-12;13-11(14)6-3-1-2-5-8-7(4-17-10(5)6)9(8)12-18(15)16/h4-6,9,14H,3,7-8,10-11H2,1-2H3;1-3,7-9H,4H2,(H,13,14)/t14-;/m1./s1. The largest absolute Gasteiger partial charge is 0.492 e. The first-order valence-corrected chi connectivity index (χ1v) is 13.2. The van der Waals surface area contributed by atoms with Gasteiger partial charge < -0.3 is 19.6 Å². The minimum absolute atomic E-state index is 0.0362. The molecule has 4 atom stereocenters. The summed E-state index contributed by atoms with van der Waals surface area (Å²) in [6.45, 7) is 5.48. The van der Waals surface area contributed by atoms with Crippen molar-refractivity contribution >= 4 is 22.4 Å². The number of carbonyl (C=O) groups is 2. The molecule has 198 valence electrons. The molecule has 0 spiro atoms. The number of para-hydroxylation sites is 1. The van der Waals surface area contributed by atoms with E-state index in [-0.39, 0.29) is 41.6 Å². The number of carbonyl (C=O) groups excluding carboxylic acids is 1. The lowest BCUT2D eigenvalue weighted by Crippen LogP contribution is -2.39. The number of amides is 1. The number of likely N-dealkylation sites (tertiary alicyclic amines) is 1. The van der Waals surface area contributed by atoms with Crippen LogP contribution >= 0.6 is 0 Å². The molecule has 0 aromatic heterocycles. The van der Waals surface area contributed by atoms with Crippen LogP contribution in [0.5, 0.6) is 5.75 Å². The highest BCUT2D eigenvalue weighted by atomic mass is 32.2. The molecule has 1 aliphatic carbocycles. The third-order valence-corrected chi connectivity index (χ3v) is 7.69. The van der Waals surface area contributed by atoms with E-state index >= 15 is 0 Å². The summed E-state index contributed by atoms with van der Waals surface area (Å²) in [4.78, 5) is 27.4. The van der Waals surface area contributed by atoms with E-state index in [1.165, 1.54) is 18.2 Å². The average Bonchev–Trinajstić information content (AvgIpc) is 3.33.